The van der Waals surface area contributed by atoms with Gasteiger partial charge in [-0.1, -0.05) is 12.1 Å². The Morgan fingerprint density at radius 2 is 2.00 bits per heavy atom. The van der Waals surface area contributed by atoms with E-state index in [9.17, 15) is 10.3 Å². The van der Waals surface area contributed by atoms with Crippen molar-refractivity contribution in [2.45, 2.75) is 19.9 Å². The molecule has 0 unspecified atom stereocenters. The minimum Gasteiger partial charge on any atom is -0.624 e. The number of phenolic OH excluding ortho intramolecular Hbond substituents is 1. The highest BCUT2D eigenvalue weighted by Gasteiger charge is 2.03. The average molecular weight is 179 g/mol. The summed E-state index contributed by atoms with van der Waals surface area (Å²) < 4.78 is 0.815. The van der Waals surface area contributed by atoms with Crippen molar-refractivity contribution in [1.82, 2.24) is 0 Å². The van der Waals surface area contributed by atoms with Crippen LogP contribution in [0.4, 0.5) is 0 Å². The minimum absolute atomic E-state index is 0.111. The molecule has 1 N–H and O–H groups in total. The van der Waals surface area contributed by atoms with E-state index in [-0.39, 0.29) is 11.8 Å². The molecule has 13 heavy (non-hydrogen) atoms. The highest BCUT2D eigenvalue weighted by Crippen LogP contribution is 2.12. The zero-order valence-corrected chi connectivity index (χ0v) is 7.77. The number of aromatic hydroxyl groups is 1. The fourth-order valence-corrected chi connectivity index (χ4v) is 0.883. The Balaban J connectivity index is 2.97. The van der Waals surface area contributed by atoms with Gasteiger partial charge in [-0.2, -0.15) is 0 Å². The van der Waals surface area contributed by atoms with Gasteiger partial charge in [-0.25, -0.2) is 4.74 Å². The lowest BCUT2D eigenvalue weighted by molar-refractivity contribution is -0.487. The molecule has 0 spiro atoms. The molecule has 0 amide bonds. The quantitative estimate of drug-likeness (QED) is 0.325. The van der Waals surface area contributed by atoms with Crippen LogP contribution in [-0.2, 0) is 0 Å². The number of hydrogen-bond donors (Lipinski definition) is 1. The van der Waals surface area contributed by atoms with Gasteiger partial charge >= 0.3 is 0 Å². The predicted octanol–water partition coefficient (Wildman–Crippen LogP) is 1.73. The summed E-state index contributed by atoms with van der Waals surface area (Å²) in [6.07, 6.45) is 1.39. The summed E-state index contributed by atoms with van der Waals surface area (Å²) in [5.74, 6) is 0.129. The van der Waals surface area contributed by atoms with Crippen molar-refractivity contribution in [3.63, 3.8) is 0 Å². The first-order valence-corrected chi connectivity index (χ1v) is 4.19. The van der Waals surface area contributed by atoms with Crippen LogP contribution in [0.3, 0.4) is 0 Å². The number of para-hydroxylation sites is 1. The summed E-state index contributed by atoms with van der Waals surface area (Å²) >= 11 is 0. The number of rotatable bonds is 2. The van der Waals surface area contributed by atoms with Crippen LogP contribution in [0.15, 0.2) is 24.3 Å². The van der Waals surface area contributed by atoms with Gasteiger partial charge in [0.2, 0.25) is 0 Å². The predicted molar refractivity (Wildman–Crippen MR) is 52.0 cm³/mol. The maximum absolute atomic E-state index is 11.2. The Bertz CT molecular complexity index is 318. The maximum atomic E-state index is 11.2. The van der Waals surface area contributed by atoms with Gasteiger partial charge < -0.3 is 10.3 Å². The molecule has 0 atom stereocenters. The minimum atomic E-state index is -0.111. The van der Waals surface area contributed by atoms with Gasteiger partial charge in [-0.05, 0) is 26.0 Å². The molecule has 0 saturated heterocycles. The lowest BCUT2D eigenvalue weighted by Crippen LogP contribution is -2.14. The van der Waals surface area contributed by atoms with Crippen molar-refractivity contribution in [2.75, 3.05) is 0 Å². The largest absolute Gasteiger partial charge is 0.624 e. The molecule has 0 aliphatic heterocycles. The zero-order valence-electron chi connectivity index (χ0n) is 7.77. The van der Waals surface area contributed by atoms with E-state index in [1.807, 2.05) is 0 Å². The molecule has 3 nitrogen and oxygen atoms in total. The zero-order chi connectivity index (χ0) is 9.84. The Labute approximate surface area is 77.5 Å². The first-order chi connectivity index (χ1) is 6.11. The summed E-state index contributed by atoms with van der Waals surface area (Å²) in [6, 6.07) is 6.64. The fourth-order valence-electron chi connectivity index (χ4n) is 0.883. The van der Waals surface area contributed by atoms with Crippen molar-refractivity contribution in [3.8, 4) is 5.75 Å². The molecule has 1 aromatic carbocycles. The summed E-state index contributed by atoms with van der Waals surface area (Å²) in [5, 5.41) is 20.6. The van der Waals surface area contributed by atoms with E-state index in [1.54, 1.807) is 38.1 Å². The van der Waals surface area contributed by atoms with Gasteiger partial charge in [0.25, 0.3) is 0 Å². The number of benzene rings is 1. The first-order valence-electron chi connectivity index (χ1n) is 4.19. The Kier molecular flexibility index (Phi) is 2.90. The van der Waals surface area contributed by atoms with Gasteiger partial charge in [0.05, 0.1) is 5.56 Å². The first kappa shape index (κ1) is 9.58. The van der Waals surface area contributed by atoms with E-state index in [2.05, 4.69) is 0 Å². The number of phenols is 1. The fraction of sp³-hybridized carbons (Fsp3) is 0.300. The molecular weight excluding hydrogens is 166 g/mol. The van der Waals surface area contributed by atoms with Crippen molar-refractivity contribution in [1.29, 1.82) is 0 Å². The van der Waals surface area contributed by atoms with Crippen LogP contribution < -0.4 is 0 Å². The van der Waals surface area contributed by atoms with Crippen LogP contribution in [0.1, 0.15) is 19.4 Å². The van der Waals surface area contributed by atoms with E-state index in [4.69, 9.17) is 0 Å². The van der Waals surface area contributed by atoms with Crippen LogP contribution >= 0.6 is 0 Å². The Morgan fingerprint density at radius 1 is 1.38 bits per heavy atom. The molecule has 0 bridgehead atoms. The van der Waals surface area contributed by atoms with Gasteiger partial charge in [0, 0.05) is 0 Å². The summed E-state index contributed by atoms with van der Waals surface area (Å²) in [5.41, 5.74) is 0.547. The normalized spacial score (nSPS) is 12.1. The molecule has 0 heterocycles. The molecule has 70 valence electrons. The lowest BCUT2D eigenvalue weighted by Gasteiger charge is -2.07. The van der Waals surface area contributed by atoms with Crippen LogP contribution in [-0.4, -0.2) is 22.1 Å². The van der Waals surface area contributed by atoms with Crippen LogP contribution in [0.25, 0.3) is 0 Å². The molecule has 3 heteroatoms. The van der Waals surface area contributed by atoms with Gasteiger partial charge in [-0.3, -0.25) is 0 Å². The monoisotopic (exact) mass is 179 g/mol. The highest BCUT2D eigenvalue weighted by atomic mass is 16.5. The average Bonchev–Trinajstić information content (AvgIpc) is 2.08. The number of hydroxylamine groups is 1. The van der Waals surface area contributed by atoms with Crippen LogP contribution in [0.5, 0.6) is 5.75 Å². The van der Waals surface area contributed by atoms with E-state index >= 15 is 0 Å². The Hall–Kier alpha value is -1.51. The molecular formula is C10H13NO2. The summed E-state index contributed by atoms with van der Waals surface area (Å²) in [6.45, 7) is 3.59. The number of hydrogen-bond acceptors (Lipinski definition) is 2. The van der Waals surface area contributed by atoms with E-state index in [0.29, 0.717) is 5.56 Å². The third kappa shape index (κ3) is 2.47. The second-order valence-corrected chi connectivity index (χ2v) is 3.14. The second-order valence-electron chi connectivity index (χ2n) is 3.14. The third-order valence-corrected chi connectivity index (χ3v) is 1.71. The summed E-state index contributed by atoms with van der Waals surface area (Å²) in [7, 11) is 0. The van der Waals surface area contributed by atoms with Crippen molar-refractivity contribution >= 4 is 6.21 Å². The second kappa shape index (κ2) is 3.94. The molecule has 1 aromatic rings. The van der Waals surface area contributed by atoms with Gasteiger partial charge in [0.15, 0.2) is 12.3 Å². The molecule has 0 aliphatic carbocycles. The lowest BCUT2D eigenvalue weighted by atomic mass is 10.2. The Morgan fingerprint density at radius 3 is 2.54 bits per heavy atom. The van der Waals surface area contributed by atoms with Crippen LogP contribution in [0.2, 0.25) is 0 Å². The highest BCUT2D eigenvalue weighted by molar-refractivity contribution is 5.79. The molecule has 1 rings (SSSR count). The number of nitrogens with zero attached hydrogens (tertiary/aromatic N) is 1. The standard InChI is InChI=1S/C10H13NO2/c1-8(2)11(13)7-9-5-3-4-6-10(9)12/h3-8,12H,1-2H3. The molecule has 0 aromatic heterocycles. The SMILES string of the molecule is CC(C)[N+]([O-])=Cc1ccccc1O. The van der Waals surface area contributed by atoms with Gasteiger partial charge in [0.1, 0.15) is 5.75 Å². The molecule has 0 aliphatic rings. The van der Waals surface area contributed by atoms with Crippen LogP contribution in [0, 0.1) is 5.21 Å². The van der Waals surface area contributed by atoms with E-state index in [1.165, 1.54) is 6.21 Å². The maximum Gasteiger partial charge on any atom is 0.185 e. The topological polar surface area (TPSA) is 46.3 Å². The van der Waals surface area contributed by atoms with Crippen molar-refractivity contribution in [3.05, 3.63) is 35.0 Å². The smallest absolute Gasteiger partial charge is 0.185 e. The van der Waals surface area contributed by atoms with E-state index in [0.717, 1.165) is 4.74 Å². The molecule has 0 saturated carbocycles. The third-order valence-electron chi connectivity index (χ3n) is 1.71. The van der Waals surface area contributed by atoms with E-state index < -0.39 is 0 Å². The van der Waals surface area contributed by atoms with Crippen molar-refractivity contribution in [2.24, 2.45) is 0 Å². The summed E-state index contributed by atoms with van der Waals surface area (Å²) in [4.78, 5) is 0. The molecule has 0 radical (unpaired) electrons. The van der Waals surface area contributed by atoms with Crippen molar-refractivity contribution < 1.29 is 9.85 Å². The van der Waals surface area contributed by atoms with Gasteiger partial charge in [-0.15, -0.1) is 0 Å². The molecule has 0 fully saturated rings.